The Kier molecular flexibility index (Phi) is 2.85. The molecule has 0 aromatic carbocycles. The Balaban J connectivity index is 2.20. The van der Waals surface area contributed by atoms with E-state index >= 15 is 0 Å². The molecule has 0 spiro atoms. The zero-order valence-corrected chi connectivity index (χ0v) is 9.14. The topological polar surface area (TPSA) is 51.2 Å². The van der Waals surface area contributed by atoms with Crippen molar-refractivity contribution in [3.05, 3.63) is 24.2 Å². The predicted molar refractivity (Wildman–Crippen MR) is 58.9 cm³/mol. The first-order valence-corrected chi connectivity index (χ1v) is 5.88. The summed E-state index contributed by atoms with van der Waals surface area (Å²) in [6.45, 7) is 2.25. The number of nitrogens with two attached hydrogens (primary N) is 1. The Morgan fingerprint density at radius 3 is 3.07 bits per heavy atom. The number of hydrazine groups is 1. The largest absolute Gasteiger partial charge is 0.468 e. The van der Waals surface area contributed by atoms with E-state index in [0.29, 0.717) is 0 Å². The molecule has 0 saturated carbocycles. The zero-order valence-electron chi connectivity index (χ0n) is 8.32. The van der Waals surface area contributed by atoms with E-state index in [1.165, 1.54) is 18.6 Å². The monoisotopic (exact) mass is 212 g/mol. The molecule has 3 N–H and O–H groups in total. The molecular weight excluding hydrogens is 196 g/mol. The Labute approximate surface area is 88.4 Å². The molecule has 2 heterocycles. The van der Waals surface area contributed by atoms with Gasteiger partial charge in [-0.3, -0.25) is 5.84 Å². The van der Waals surface area contributed by atoms with Crippen LogP contribution >= 0.6 is 11.8 Å². The van der Waals surface area contributed by atoms with E-state index in [4.69, 9.17) is 10.3 Å². The normalized spacial score (nSPS) is 29.3. The molecule has 0 aliphatic carbocycles. The van der Waals surface area contributed by atoms with Crippen LogP contribution in [0.3, 0.4) is 0 Å². The van der Waals surface area contributed by atoms with Gasteiger partial charge < -0.3 is 4.42 Å². The summed E-state index contributed by atoms with van der Waals surface area (Å²) in [6.07, 6.45) is 4.15. The fourth-order valence-corrected chi connectivity index (χ4v) is 3.44. The van der Waals surface area contributed by atoms with Gasteiger partial charge in [0.15, 0.2) is 0 Å². The third-order valence-electron chi connectivity index (χ3n) is 2.85. The summed E-state index contributed by atoms with van der Waals surface area (Å²) in [4.78, 5) is 0. The minimum Gasteiger partial charge on any atom is -0.468 e. The van der Waals surface area contributed by atoms with Crippen LogP contribution in [0.2, 0.25) is 0 Å². The Morgan fingerprint density at radius 2 is 2.57 bits per heavy atom. The zero-order chi connectivity index (χ0) is 10.0. The maximum absolute atomic E-state index is 5.61. The molecule has 3 nitrogen and oxygen atoms in total. The summed E-state index contributed by atoms with van der Waals surface area (Å²) < 4.78 is 5.58. The van der Waals surface area contributed by atoms with Gasteiger partial charge in [0, 0.05) is 4.75 Å². The minimum absolute atomic E-state index is 0.116. The van der Waals surface area contributed by atoms with Crippen LogP contribution in [0.4, 0.5) is 0 Å². The summed E-state index contributed by atoms with van der Waals surface area (Å²) in [5.74, 6) is 7.76. The number of hydrogen-bond donors (Lipinski definition) is 2. The lowest BCUT2D eigenvalue weighted by molar-refractivity contribution is 0.350. The third-order valence-corrected chi connectivity index (χ3v) is 4.45. The van der Waals surface area contributed by atoms with Crippen molar-refractivity contribution < 1.29 is 4.42 Å². The maximum Gasteiger partial charge on any atom is 0.123 e. The van der Waals surface area contributed by atoms with Crippen LogP contribution in [0, 0.1) is 0 Å². The van der Waals surface area contributed by atoms with Crippen molar-refractivity contribution >= 4 is 11.8 Å². The second-order valence-electron chi connectivity index (χ2n) is 3.88. The van der Waals surface area contributed by atoms with Gasteiger partial charge in [-0.05, 0) is 37.7 Å². The molecule has 0 amide bonds. The molecule has 2 rings (SSSR count). The highest BCUT2D eigenvalue weighted by molar-refractivity contribution is 8.00. The van der Waals surface area contributed by atoms with E-state index in [-0.39, 0.29) is 10.8 Å². The molecule has 1 fully saturated rings. The van der Waals surface area contributed by atoms with Crippen molar-refractivity contribution in [2.24, 2.45) is 5.84 Å². The standard InChI is InChI=1S/C10H16N2OS/c1-10(5-3-7-14-10)9(12-11)8-4-2-6-13-8/h2,4,6,9,12H,3,5,7,11H2,1H3. The van der Waals surface area contributed by atoms with Crippen LogP contribution in [0.1, 0.15) is 31.6 Å². The van der Waals surface area contributed by atoms with Gasteiger partial charge in [0.25, 0.3) is 0 Å². The molecule has 1 saturated heterocycles. The molecule has 1 aliphatic rings. The van der Waals surface area contributed by atoms with Gasteiger partial charge in [0.05, 0.1) is 12.3 Å². The fourth-order valence-electron chi connectivity index (χ4n) is 2.04. The highest BCUT2D eigenvalue weighted by Crippen LogP contribution is 2.46. The molecule has 78 valence electrons. The molecule has 1 aromatic heterocycles. The van der Waals surface area contributed by atoms with E-state index in [1.807, 2.05) is 23.9 Å². The lowest BCUT2D eigenvalue weighted by Gasteiger charge is -2.31. The Bertz CT molecular complexity index is 280. The highest BCUT2D eigenvalue weighted by atomic mass is 32.2. The minimum atomic E-state index is 0.116. The first-order valence-electron chi connectivity index (χ1n) is 4.90. The predicted octanol–water partition coefficient (Wildman–Crippen LogP) is 2.07. The van der Waals surface area contributed by atoms with Gasteiger partial charge in [-0.25, -0.2) is 5.43 Å². The molecular formula is C10H16N2OS. The van der Waals surface area contributed by atoms with Crippen molar-refractivity contribution in [1.82, 2.24) is 5.43 Å². The second kappa shape index (κ2) is 3.96. The van der Waals surface area contributed by atoms with Gasteiger partial charge in [-0.2, -0.15) is 11.8 Å². The summed E-state index contributed by atoms with van der Waals surface area (Å²) in [7, 11) is 0. The molecule has 4 heteroatoms. The SMILES string of the molecule is CC1(C(NN)c2ccco2)CCCS1. The van der Waals surface area contributed by atoms with Crippen LogP contribution < -0.4 is 11.3 Å². The average Bonchev–Trinajstić information content (AvgIpc) is 2.78. The lowest BCUT2D eigenvalue weighted by Crippen LogP contribution is -2.41. The van der Waals surface area contributed by atoms with Gasteiger partial charge in [-0.1, -0.05) is 0 Å². The molecule has 1 aromatic rings. The Morgan fingerprint density at radius 1 is 1.71 bits per heavy atom. The quantitative estimate of drug-likeness (QED) is 0.595. The Hall–Kier alpha value is -0.450. The molecule has 14 heavy (non-hydrogen) atoms. The van der Waals surface area contributed by atoms with Crippen molar-refractivity contribution in [3.63, 3.8) is 0 Å². The summed E-state index contributed by atoms with van der Waals surface area (Å²) in [6, 6.07) is 4.00. The fraction of sp³-hybridized carbons (Fsp3) is 0.600. The first kappa shape index (κ1) is 10.1. The van der Waals surface area contributed by atoms with Crippen LogP contribution in [0.15, 0.2) is 22.8 Å². The van der Waals surface area contributed by atoms with E-state index in [1.54, 1.807) is 6.26 Å². The van der Waals surface area contributed by atoms with Gasteiger partial charge >= 0.3 is 0 Å². The molecule has 0 bridgehead atoms. The first-order chi connectivity index (χ1) is 6.76. The number of furan rings is 1. The number of thioether (sulfide) groups is 1. The van der Waals surface area contributed by atoms with E-state index in [2.05, 4.69) is 12.3 Å². The smallest absolute Gasteiger partial charge is 0.123 e. The summed E-state index contributed by atoms with van der Waals surface area (Å²) in [5, 5.41) is 0. The highest BCUT2D eigenvalue weighted by Gasteiger charge is 2.39. The summed E-state index contributed by atoms with van der Waals surface area (Å²) in [5.41, 5.74) is 2.87. The molecule has 1 aliphatic heterocycles. The van der Waals surface area contributed by atoms with Crippen molar-refractivity contribution in [1.29, 1.82) is 0 Å². The van der Waals surface area contributed by atoms with Crippen LogP contribution in [-0.4, -0.2) is 10.5 Å². The molecule has 2 unspecified atom stereocenters. The van der Waals surface area contributed by atoms with Crippen molar-refractivity contribution in [2.75, 3.05) is 5.75 Å². The second-order valence-corrected chi connectivity index (χ2v) is 5.51. The van der Waals surface area contributed by atoms with Crippen LogP contribution in [-0.2, 0) is 0 Å². The van der Waals surface area contributed by atoms with Crippen LogP contribution in [0.25, 0.3) is 0 Å². The van der Waals surface area contributed by atoms with E-state index in [0.717, 1.165) is 5.76 Å². The lowest BCUT2D eigenvalue weighted by atomic mass is 9.95. The van der Waals surface area contributed by atoms with Crippen molar-refractivity contribution in [3.8, 4) is 0 Å². The van der Waals surface area contributed by atoms with Gasteiger partial charge in [0.2, 0.25) is 0 Å². The summed E-state index contributed by atoms with van der Waals surface area (Å²) >= 11 is 1.97. The molecule has 0 radical (unpaired) electrons. The van der Waals surface area contributed by atoms with Gasteiger partial charge in [0.1, 0.15) is 5.76 Å². The maximum atomic E-state index is 5.61. The number of rotatable bonds is 3. The van der Waals surface area contributed by atoms with Crippen molar-refractivity contribution in [2.45, 2.75) is 30.6 Å². The van der Waals surface area contributed by atoms with E-state index < -0.39 is 0 Å². The van der Waals surface area contributed by atoms with Crippen LogP contribution in [0.5, 0.6) is 0 Å². The number of nitrogens with one attached hydrogen (secondary N) is 1. The van der Waals surface area contributed by atoms with E-state index in [9.17, 15) is 0 Å². The van der Waals surface area contributed by atoms with Gasteiger partial charge in [-0.15, -0.1) is 0 Å². The third kappa shape index (κ3) is 1.69. The number of hydrogen-bond acceptors (Lipinski definition) is 4. The molecule has 2 atom stereocenters. The average molecular weight is 212 g/mol.